The van der Waals surface area contributed by atoms with E-state index in [-0.39, 0.29) is 24.5 Å². The van der Waals surface area contributed by atoms with Crippen molar-refractivity contribution in [3.63, 3.8) is 0 Å². The molecule has 3 heterocycles. The Hall–Kier alpha value is -2.22. The molecule has 8 nitrogen and oxygen atoms in total. The molecule has 2 aliphatic rings. The predicted molar refractivity (Wildman–Crippen MR) is 92.3 cm³/mol. The van der Waals surface area contributed by atoms with Gasteiger partial charge in [-0.2, -0.15) is 0 Å². The van der Waals surface area contributed by atoms with Gasteiger partial charge < -0.3 is 14.5 Å². The zero-order valence-electron chi connectivity index (χ0n) is 14.8. The molecule has 3 rings (SSSR count). The number of amides is 3. The summed E-state index contributed by atoms with van der Waals surface area (Å²) in [4.78, 5) is 38.5. The van der Waals surface area contributed by atoms with Crippen molar-refractivity contribution in [3.8, 4) is 0 Å². The fraction of sp³-hybridized carbons (Fsp3) is 0.647. The molecule has 0 unspecified atom stereocenters. The second-order valence-corrected chi connectivity index (χ2v) is 6.41. The van der Waals surface area contributed by atoms with E-state index in [4.69, 9.17) is 4.74 Å². The van der Waals surface area contributed by atoms with Gasteiger partial charge in [0.05, 0.1) is 13.2 Å². The van der Waals surface area contributed by atoms with Crippen LogP contribution in [-0.4, -0.2) is 77.6 Å². The Morgan fingerprint density at radius 1 is 1.20 bits per heavy atom. The van der Waals surface area contributed by atoms with Gasteiger partial charge in [-0.3, -0.25) is 9.69 Å². The molecule has 1 aromatic heterocycles. The van der Waals surface area contributed by atoms with Crippen LogP contribution in [0.4, 0.5) is 10.7 Å². The second kappa shape index (κ2) is 7.77. The summed E-state index contributed by atoms with van der Waals surface area (Å²) in [5.41, 5.74) is 1.12. The third kappa shape index (κ3) is 3.73. The van der Waals surface area contributed by atoms with Gasteiger partial charge in [0.25, 0.3) is 0 Å². The lowest BCUT2D eigenvalue weighted by atomic mass is 10.0. The highest BCUT2D eigenvalue weighted by atomic mass is 16.5. The van der Waals surface area contributed by atoms with Crippen LogP contribution in [0.25, 0.3) is 0 Å². The summed E-state index contributed by atoms with van der Waals surface area (Å²) in [6, 6.07) is -0.0980. The quantitative estimate of drug-likeness (QED) is 0.712. The number of methoxy groups -OCH3 is 1. The molecular weight excluding hydrogens is 322 g/mol. The molecule has 0 N–H and O–H groups in total. The molecule has 0 saturated carbocycles. The topological polar surface area (TPSA) is 78.9 Å². The van der Waals surface area contributed by atoms with E-state index >= 15 is 0 Å². The van der Waals surface area contributed by atoms with Gasteiger partial charge in [-0.1, -0.05) is 6.92 Å². The molecule has 0 aromatic carbocycles. The fourth-order valence-electron chi connectivity index (χ4n) is 3.32. The molecule has 2 saturated heterocycles. The number of carbonyl (C=O) groups excluding carboxylic acids is 2. The lowest BCUT2D eigenvalue weighted by Crippen LogP contribution is -2.47. The maximum Gasteiger partial charge on any atom is 0.327 e. The standard InChI is InChI=1S/C17H25N5O3/c1-3-13-10-18-16(19-11-13)20-6-4-14(5-7-20)22-12-15(23)21(17(22)24)8-9-25-2/h10-11,14H,3-9,12H2,1-2H3. The lowest BCUT2D eigenvalue weighted by molar-refractivity contribution is -0.125. The Morgan fingerprint density at radius 2 is 1.88 bits per heavy atom. The van der Waals surface area contributed by atoms with Gasteiger partial charge in [-0.25, -0.2) is 14.8 Å². The maximum absolute atomic E-state index is 12.5. The second-order valence-electron chi connectivity index (χ2n) is 6.41. The lowest BCUT2D eigenvalue weighted by Gasteiger charge is -2.36. The number of hydrogen-bond donors (Lipinski definition) is 0. The summed E-state index contributed by atoms with van der Waals surface area (Å²) in [7, 11) is 1.56. The van der Waals surface area contributed by atoms with Crippen molar-refractivity contribution in [2.45, 2.75) is 32.2 Å². The minimum absolute atomic E-state index is 0.0927. The number of aromatic nitrogens is 2. The number of imide groups is 1. The van der Waals surface area contributed by atoms with E-state index in [0.29, 0.717) is 13.2 Å². The molecule has 25 heavy (non-hydrogen) atoms. The van der Waals surface area contributed by atoms with E-state index in [1.54, 1.807) is 12.0 Å². The first-order chi connectivity index (χ1) is 12.1. The molecule has 0 atom stereocenters. The van der Waals surface area contributed by atoms with E-state index in [2.05, 4.69) is 21.8 Å². The van der Waals surface area contributed by atoms with Crippen molar-refractivity contribution >= 4 is 17.9 Å². The first-order valence-electron chi connectivity index (χ1n) is 8.79. The third-order valence-corrected chi connectivity index (χ3v) is 4.89. The number of rotatable bonds is 6. The van der Waals surface area contributed by atoms with E-state index in [9.17, 15) is 9.59 Å². The maximum atomic E-state index is 12.5. The van der Waals surface area contributed by atoms with Crippen LogP contribution >= 0.6 is 0 Å². The monoisotopic (exact) mass is 347 g/mol. The zero-order valence-corrected chi connectivity index (χ0v) is 14.8. The zero-order chi connectivity index (χ0) is 17.8. The Morgan fingerprint density at radius 3 is 2.48 bits per heavy atom. The number of ether oxygens (including phenoxy) is 1. The van der Waals surface area contributed by atoms with Gasteiger partial charge in [0.2, 0.25) is 11.9 Å². The minimum Gasteiger partial charge on any atom is -0.383 e. The number of aryl methyl sites for hydroxylation is 1. The van der Waals surface area contributed by atoms with E-state index in [1.165, 1.54) is 4.90 Å². The molecule has 2 fully saturated rings. The smallest absolute Gasteiger partial charge is 0.327 e. The molecular formula is C17H25N5O3. The molecule has 2 aliphatic heterocycles. The van der Waals surface area contributed by atoms with E-state index in [1.807, 2.05) is 12.4 Å². The SMILES string of the molecule is CCc1cnc(N2CCC(N3CC(=O)N(CCOC)C3=O)CC2)nc1. The van der Waals surface area contributed by atoms with Crippen LogP contribution in [0.15, 0.2) is 12.4 Å². The summed E-state index contributed by atoms with van der Waals surface area (Å²) < 4.78 is 4.98. The highest BCUT2D eigenvalue weighted by Gasteiger charge is 2.40. The Labute approximate surface area is 147 Å². The molecule has 0 spiro atoms. The van der Waals surface area contributed by atoms with Gasteiger partial charge in [0, 0.05) is 38.6 Å². The van der Waals surface area contributed by atoms with Gasteiger partial charge in [0.1, 0.15) is 6.54 Å². The number of nitrogens with zero attached hydrogens (tertiary/aromatic N) is 5. The first-order valence-corrected chi connectivity index (χ1v) is 8.79. The summed E-state index contributed by atoms with van der Waals surface area (Å²) >= 11 is 0. The van der Waals surface area contributed by atoms with Crippen molar-refractivity contribution in [2.24, 2.45) is 0 Å². The van der Waals surface area contributed by atoms with Crippen molar-refractivity contribution in [1.82, 2.24) is 19.8 Å². The average Bonchev–Trinajstić information content (AvgIpc) is 2.94. The number of carbonyl (C=O) groups is 2. The number of piperidine rings is 1. The molecule has 0 aliphatic carbocycles. The Balaban J connectivity index is 1.56. The van der Waals surface area contributed by atoms with Crippen LogP contribution in [0.3, 0.4) is 0 Å². The van der Waals surface area contributed by atoms with Crippen LogP contribution in [0.1, 0.15) is 25.3 Å². The Bertz CT molecular complexity index is 613. The van der Waals surface area contributed by atoms with Gasteiger partial charge >= 0.3 is 6.03 Å². The molecule has 3 amide bonds. The highest BCUT2D eigenvalue weighted by molar-refractivity contribution is 6.02. The third-order valence-electron chi connectivity index (χ3n) is 4.89. The Kier molecular flexibility index (Phi) is 5.47. The summed E-state index contributed by atoms with van der Waals surface area (Å²) in [5, 5.41) is 0. The molecule has 8 heteroatoms. The van der Waals surface area contributed by atoms with Crippen LogP contribution in [-0.2, 0) is 16.0 Å². The van der Waals surface area contributed by atoms with E-state index < -0.39 is 0 Å². The number of hydrogen-bond acceptors (Lipinski definition) is 6. The normalized spacial score (nSPS) is 19.2. The van der Waals surface area contributed by atoms with Crippen LogP contribution < -0.4 is 4.90 Å². The van der Waals surface area contributed by atoms with Gasteiger partial charge in [0.15, 0.2) is 0 Å². The number of anilines is 1. The minimum atomic E-state index is -0.191. The summed E-state index contributed by atoms with van der Waals surface area (Å²) in [5.74, 6) is 0.601. The molecule has 136 valence electrons. The average molecular weight is 347 g/mol. The van der Waals surface area contributed by atoms with Gasteiger partial charge in [-0.05, 0) is 24.8 Å². The van der Waals surface area contributed by atoms with Crippen molar-refractivity contribution in [1.29, 1.82) is 0 Å². The van der Waals surface area contributed by atoms with Crippen molar-refractivity contribution in [3.05, 3.63) is 18.0 Å². The van der Waals surface area contributed by atoms with Crippen molar-refractivity contribution in [2.75, 3.05) is 44.8 Å². The fourth-order valence-corrected chi connectivity index (χ4v) is 3.32. The van der Waals surface area contributed by atoms with Gasteiger partial charge in [-0.15, -0.1) is 0 Å². The van der Waals surface area contributed by atoms with Crippen LogP contribution in [0.5, 0.6) is 0 Å². The largest absolute Gasteiger partial charge is 0.383 e. The van der Waals surface area contributed by atoms with Crippen molar-refractivity contribution < 1.29 is 14.3 Å². The highest BCUT2D eigenvalue weighted by Crippen LogP contribution is 2.23. The molecule has 0 bridgehead atoms. The predicted octanol–water partition coefficient (Wildman–Crippen LogP) is 0.918. The summed E-state index contributed by atoms with van der Waals surface area (Å²) in [6.45, 7) is 4.51. The molecule has 0 radical (unpaired) electrons. The van der Waals surface area contributed by atoms with Crippen LogP contribution in [0.2, 0.25) is 0 Å². The first kappa shape index (κ1) is 17.6. The number of urea groups is 1. The summed E-state index contributed by atoms with van der Waals surface area (Å²) in [6.07, 6.45) is 6.29. The van der Waals surface area contributed by atoms with Crippen LogP contribution in [0, 0.1) is 0 Å². The molecule has 1 aromatic rings. The van der Waals surface area contributed by atoms with E-state index in [0.717, 1.165) is 43.9 Å².